The SMILES string of the molecule is O=[N+]([O-])c1ccc(-c2ccc(CNCc3nnc4n3CCCCC4)s2)cc1. The van der Waals surface area contributed by atoms with Crippen LogP contribution in [-0.2, 0) is 26.1 Å². The number of nitrogens with zero attached hydrogens (tertiary/aromatic N) is 4. The van der Waals surface area contributed by atoms with E-state index in [1.165, 1.54) is 24.1 Å². The van der Waals surface area contributed by atoms with E-state index in [1.54, 1.807) is 35.6 Å². The Bertz CT molecular complexity index is 932. The molecular weight excluding hydrogens is 362 g/mol. The van der Waals surface area contributed by atoms with Crippen molar-refractivity contribution in [3.8, 4) is 10.4 Å². The molecule has 0 radical (unpaired) electrons. The fraction of sp³-hybridized carbons (Fsp3) is 0.368. The van der Waals surface area contributed by atoms with Crippen molar-refractivity contribution in [2.45, 2.75) is 45.3 Å². The number of thiophene rings is 1. The Kier molecular flexibility index (Phi) is 5.26. The van der Waals surface area contributed by atoms with Gasteiger partial charge in [0.25, 0.3) is 5.69 Å². The first-order chi connectivity index (χ1) is 13.2. The quantitative estimate of drug-likeness (QED) is 0.515. The van der Waals surface area contributed by atoms with Crippen molar-refractivity contribution in [2.24, 2.45) is 0 Å². The second-order valence-electron chi connectivity index (χ2n) is 6.67. The second-order valence-corrected chi connectivity index (χ2v) is 7.84. The number of nitro benzene ring substituents is 1. The van der Waals surface area contributed by atoms with Gasteiger partial charge in [-0.15, -0.1) is 21.5 Å². The van der Waals surface area contributed by atoms with E-state index >= 15 is 0 Å². The number of hydrogen-bond acceptors (Lipinski definition) is 6. The van der Waals surface area contributed by atoms with E-state index in [9.17, 15) is 10.1 Å². The molecule has 8 heteroatoms. The van der Waals surface area contributed by atoms with Crippen LogP contribution in [-0.4, -0.2) is 19.7 Å². The summed E-state index contributed by atoms with van der Waals surface area (Å²) in [6.07, 6.45) is 4.68. The van der Waals surface area contributed by atoms with Gasteiger partial charge in [-0.3, -0.25) is 10.1 Å². The zero-order chi connectivity index (χ0) is 18.6. The summed E-state index contributed by atoms with van der Waals surface area (Å²) in [4.78, 5) is 12.7. The minimum absolute atomic E-state index is 0.115. The van der Waals surface area contributed by atoms with Crippen molar-refractivity contribution in [2.75, 3.05) is 0 Å². The van der Waals surface area contributed by atoms with Crippen molar-refractivity contribution < 1.29 is 4.92 Å². The summed E-state index contributed by atoms with van der Waals surface area (Å²) in [7, 11) is 0. The van der Waals surface area contributed by atoms with Gasteiger partial charge in [-0.25, -0.2) is 0 Å². The van der Waals surface area contributed by atoms with Crippen molar-refractivity contribution in [3.63, 3.8) is 0 Å². The number of nitrogens with one attached hydrogen (secondary N) is 1. The number of aromatic nitrogens is 3. The summed E-state index contributed by atoms with van der Waals surface area (Å²) >= 11 is 1.69. The third kappa shape index (κ3) is 4.06. The Morgan fingerprint density at radius 3 is 2.74 bits per heavy atom. The first-order valence-electron chi connectivity index (χ1n) is 9.16. The average Bonchev–Trinajstić information content (AvgIpc) is 3.23. The number of non-ortho nitro benzene ring substituents is 1. The molecule has 0 unspecified atom stereocenters. The lowest BCUT2D eigenvalue weighted by molar-refractivity contribution is -0.384. The molecule has 0 spiro atoms. The number of nitro groups is 1. The van der Waals surface area contributed by atoms with E-state index in [2.05, 4.69) is 32.2 Å². The summed E-state index contributed by atoms with van der Waals surface area (Å²) in [5.74, 6) is 2.12. The van der Waals surface area contributed by atoms with Gasteiger partial charge in [0, 0.05) is 41.4 Å². The normalized spacial score (nSPS) is 13.9. The highest BCUT2D eigenvalue weighted by Gasteiger charge is 2.14. The summed E-state index contributed by atoms with van der Waals surface area (Å²) in [6.45, 7) is 2.49. The maximum Gasteiger partial charge on any atom is 0.269 e. The molecule has 0 saturated carbocycles. The van der Waals surface area contributed by atoms with Gasteiger partial charge in [0.1, 0.15) is 11.6 Å². The standard InChI is InChI=1S/C19H21N5O2S/c25-24(26)15-7-5-14(6-8-15)17-10-9-16(27-17)12-20-13-19-22-21-18-4-2-1-3-11-23(18)19/h5-10,20H,1-4,11-13H2. The maximum absolute atomic E-state index is 10.8. The number of benzene rings is 1. The van der Waals surface area contributed by atoms with Gasteiger partial charge < -0.3 is 9.88 Å². The van der Waals surface area contributed by atoms with Crippen molar-refractivity contribution in [1.82, 2.24) is 20.1 Å². The van der Waals surface area contributed by atoms with Gasteiger partial charge in [-0.2, -0.15) is 0 Å². The number of aryl methyl sites for hydroxylation is 1. The molecule has 4 rings (SSSR count). The van der Waals surface area contributed by atoms with E-state index in [4.69, 9.17) is 0 Å². The fourth-order valence-electron chi connectivity index (χ4n) is 3.35. The highest BCUT2D eigenvalue weighted by Crippen LogP contribution is 2.29. The summed E-state index contributed by atoms with van der Waals surface area (Å²) < 4.78 is 2.26. The van der Waals surface area contributed by atoms with Crippen LogP contribution in [0.5, 0.6) is 0 Å². The lowest BCUT2D eigenvalue weighted by atomic mass is 10.2. The van der Waals surface area contributed by atoms with E-state index in [1.807, 2.05) is 0 Å². The average molecular weight is 383 g/mol. The molecule has 7 nitrogen and oxygen atoms in total. The van der Waals surface area contributed by atoms with Crippen LogP contribution in [0.25, 0.3) is 10.4 Å². The Labute approximate surface area is 161 Å². The van der Waals surface area contributed by atoms with Crippen molar-refractivity contribution in [3.05, 3.63) is 63.0 Å². The molecule has 1 aliphatic rings. The lowest BCUT2D eigenvalue weighted by Crippen LogP contribution is -2.16. The van der Waals surface area contributed by atoms with Crippen LogP contribution in [0, 0.1) is 10.1 Å². The molecule has 0 bridgehead atoms. The molecule has 27 heavy (non-hydrogen) atoms. The van der Waals surface area contributed by atoms with E-state index in [0.717, 1.165) is 41.6 Å². The molecule has 0 aliphatic carbocycles. The highest BCUT2D eigenvalue weighted by atomic mass is 32.1. The third-order valence-electron chi connectivity index (χ3n) is 4.79. The molecule has 0 fully saturated rings. The maximum atomic E-state index is 10.8. The first-order valence-corrected chi connectivity index (χ1v) is 9.97. The Balaban J connectivity index is 1.36. The van der Waals surface area contributed by atoms with Crippen LogP contribution < -0.4 is 5.32 Å². The molecule has 3 heterocycles. The molecule has 3 aromatic rings. The predicted octanol–water partition coefficient (Wildman–Crippen LogP) is 3.93. The molecular formula is C19H21N5O2S. The van der Waals surface area contributed by atoms with Crippen molar-refractivity contribution >= 4 is 17.0 Å². The van der Waals surface area contributed by atoms with Gasteiger partial charge in [0.15, 0.2) is 0 Å². The van der Waals surface area contributed by atoms with Gasteiger partial charge >= 0.3 is 0 Å². The predicted molar refractivity (Wildman–Crippen MR) is 105 cm³/mol. The molecule has 1 N–H and O–H groups in total. The van der Waals surface area contributed by atoms with Crippen LogP contribution in [0.1, 0.15) is 35.8 Å². The Hall–Kier alpha value is -2.58. The summed E-state index contributed by atoms with van der Waals surface area (Å²) in [5.41, 5.74) is 1.12. The van der Waals surface area contributed by atoms with E-state index in [0.29, 0.717) is 6.54 Å². The van der Waals surface area contributed by atoms with Crippen LogP contribution >= 0.6 is 11.3 Å². The second kappa shape index (κ2) is 7.98. The smallest absolute Gasteiger partial charge is 0.269 e. The molecule has 140 valence electrons. The van der Waals surface area contributed by atoms with E-state index in [-0.39, 0.29) is 10.6 Å². The van der Waals surface area contributed by atoms with Crippen LogP contribution in [0.4, 0.5) is 5.69 Å². The molecule has 1 aliphatic heterocycles. The Morgan fingerprint density at radius 1 is 1.07 bits per heavy atom. The third-order valence-corrected chi connectivity index (χ3v) is 5.93. The fourth-order valence-corrected chi connectivity index (χ4v) is 4.33. The molecule has 0 amide bonds. The zero-order valence-corrected chi connectivity index (χ0v) is 15.7. The largest absolute Gasteiger partial charge is 0.314 e. The van der Waals surface area contributed by atoms with Gasteiger partial charge in [0.05, 0.1) is 11.5 Å². The molecule has 0 atom stereocenters. The van der Waals surface area contributed by atoms with Gasteiger partial charge in [-0.05, 0) is 42.7 Å². The number of hydrogen-bond donors (Lipinski definition) is 1. The Morgan fingerprint density at radius 2 is 1.93 bits per heavy atom. The monoisotopic (exact) mass is 383 g/mol. The summed E-state index contributed by atoms with van der Waals surface area (Å²) in [6, 6.07) is 10.8. The van der Waals surface area contributed by atoms with Crippen LogP contribution in [0.15, 0.2) is 36.4 Å². The van der Waals surface area contributed by atoms with E-state index < -0.39 is 0 Å². The molecule has 2 aromatic heterocycles. The molecule has 0 saturated heterocycles. The number of fused-ring (bicyclic) bond motifs is 1. The lowest BCUT2D eigenvalue weighted by Gasteiger charge is -2.07. The summed E-state index contributed by atoms with van der Waals surface area (Å²) in [5, 5.41) is 22.9. The first kappa shape index (κ1) is 17.8. The topological polar surface area (TPSA) is 85.9 Å². The zero-order valence-electron chi connectivity index (χ0n) is 14.9. The van der Waals surface area contributed by atoms with Crippen LogP contribution in [0.3, 0.4) is 0 Å². The minimum atomic E-state index is -0.376. The highest BCUT2D eigenvalue weighted by molar-refractivity contribution is 7.15. The molecule has 1 aromatic carbocycles. The van der Waals surface area contributed by atoms with Gasteiger partial charge in [0.2, 0.25) is 0 Å². The van der Waals surface area contributed by atoms with Crippen LogP contribution in [0.2, 0.25) is 0 Å². The minimum Gasteiger partial charge on any atom is -0.314 e. The van der Waals surface area contributed by atoms with Crippen molar-refractivity contribution in [1.29, 1.82) is 0 Å². The number of rotatable bonds is 6. The van der Waals surface area contributed by atoms with Gasteiger partial charge in [-0.1, -0.05) is 6.42 Å².